The summed E-state index contributed by atoms with van der Waals surface area (Å²) in [5, 5.41) is 0. The molecule has 0 fully saturated rings. The highest BCUT2D eigenvalue weighted by molar-refractivity contribution is 5.24. The van der Waals surface area contributed by atoms with Crippen LogP contribution in [0.4, 0.5) is 0 Å². The minimum absolute atomic E-state index is 0.000924. The van der Waals surface area contributed by atoms with Crippen LogP contribution in [0, 0.1) is 0 Å². The van der Waals surface area contributed by atoms with E-state index in [2.05, 4.69) is 38.1 Å². The van der Waals surface area contributed by atoms with Gasteiger partial charge in [-0.25, -0.2) is 0 Å². The van der Waals surface area contributed by atoms with E-state index < -0.39 is 0 Å². The molecule has 0 bridgehead atoms. The second-order valence-corrected chi connectivity index (χ2v) is 5.54. The Bertz CT molecular complexity index is 334. The van der Waals surface area contributed by atoms with Gasteiger partial charge in [0, 0.05) is 6.61 Å². The molecule has 20 heavy (non-hydrogen) atoms. The molecule has 0 aliphatic rings. The van der Waals surface area contributed by atoms with Crippen LogP contribution in [0.3, 0.4) is 0 Å². The van der Waals surface area contributed by atoms with Crippen LogP contribution in [0.2, 0.25) is 0 Å². The molecule has 1 unspecified atom stereocenters. The Kier molecular flexibility index (Phi) is 9.35. The zero-order valence-corrected chi connectivity index (χ0v) is 13.2. The number of benzene rings is 1. The summed E-state index contributed by atoms with van der Waals surface area (Å²) < 4.78 is 5.69. The van der Waals surface area contributed by atoms with Gasteiger partial charge >= 0.3 is 0 Å². The molecule has 0 heterocycles. The lowest BCUT2D eigenvalue weighted by atomic mass is 10.1. The van der Waals surface area contributed by atoms with E-state index >= 15 is 0 Å². The first-order chi connectivity index (χ1) is 9.77. The van der Waals surface area contributed by atoms with Crippen LogP contribution in [-0.4, -0.2) is 13.2 Å². The summed E-state index contributed by atoms with van der Waals surface area (Å²) in [7, 11) is 0. The summed E-state index contributed by atoms with van der Waals surface area (Å²) in [6, 6.07) is 8.56. The van der Waals surface area contributed by atoms with E-state index in [4.69, 9.17) is 10.5 Å². The third-order valence-corrected chi connectivity index (χ3v) is 3.76. The van der Waals surface area contributed by atoms with Crippen LogP contribution in [-0.2, 0) is 11.2 Å². The highest BCUT2D eigenvalue weighted by Crippen LogP contribution is 2.13. The normalized spacial score (nSPS) is 12.6. The minimum atomic E-state index is 0.000924. The van der Waals surface area contributed by atoms with Crippen molar-refractivity contribution in [2.75, 3.05) is 13.2 Å². The predicted molar refractivity (Wildman–Crippen MR) is 86.9 cm³/mol. The Morgan fingerprint density at radius 1 is 0.950 bits per heavy atom. The average Bonchev–Trinajstić information content (AvgIpc) is 2.50. The number of hydrogen-bond donors (Lipinski definition) is 1. The van der Waals surface area contributed by atoms with Crippen molar-refractivity contribution in [3.8, 4) is 0 Å². The first-order valence-electron chi connectivity index (χ1n) is 8.20. The van der Waals surface area contributed by atoms with Gasteiger partial charge in [0.2, 0.25) is 0 Å². The zero-order valence-electron chi connectivity index (χ0n) is 13.2. The summed E-state index contributed by atoms with van der Waals surface area (Å²) in [6.07, 6.45) is 8.87. The monoisotopic (exact) mass is 277 g/mol. The van der Waals surface area contributed by atoms with Crippen molar-refractivity contribution in [2.24, 2.45) is 5.73 Å². The molecule has 114 valence electrons. The van der Waals surface area contributed by atoms with Crippen LogP contribution in [0.15, 0.2) is 24.3 Å². The van der Waals surface area contributed by atoms with Crippen molar-refractivity contribution in [3.63, 3.8) is 0 Å². The molecule has 0 aromatic heterocycles. The van der Waals surface area contributed by atoms with Crippen LogP contribution >= 0.6 is 0 Å². The molecular weight excluding hydrogens is 246 g/mol. The number of unbranched alkanes of at least 4 members (excludes halogenated alkanes) is 5. The Morgan fingerprint density at radius 2 is 1.60 bits per heavy atom. The van der Waals surface area contributed by atoms with E-state index in [0.717, 1.165) is 19.4 Å². The molecule has 0 spiro atoms. The third kappa shape index (κ3) is 7.06. The molecule has 0 saturated carbocycles. The quantitative estimate of drug-likeness (QED) is 0.599. The van der Waals surface area contributed by atoms with Crippen LogP contribution < -0.4 is 5.73 Å². The number of ether oxygens (including phenoxy) is 1. The minimum Gasteiger partial charge on any atom is -0.379 e. The van der Waals surface area contributed by atoms with Crippen LogP contribution in [0.1, 0.15) is 69.5 Å². The molecule has 1 atom stereocenters. The van der Waals surface area contributed by atoms with E-state index in [-0.39, 0.29) is 6.04 Å². The molecule has 2 nitrogen and oxygen atoms in total. The lowest BCUT2D eigenvalue weighted by Crippen LogP contribution is -2.17. The summed E-state index contributed by atoms with van der Waals surface area (Å²) >= 11 is 0. The fraction of sp³-hybridized carbons (Fsp3) is 0.667. The van der Waals surface area contributed by atoms with Crippen molar-refractivity contribution in [1.82, 2.24) is 0 Å². The van der Waals surface area contributed by atoms with Gasteiger partial charge in [0.1, 0.15) is 0 Å². The average molecular weight is 277 g/mol. The lowest BCUT2D eigenvalue weighted by Gasteiger charge is -2.13. The standard InChI is InChI=1S/C18H31NO/c1-3-5-6-7-8-9-14-20-15-18(19)17-12-10-16(4-2)11-13-17/h10-13,18H,3-9,14-15,19H2,1-2H3. The number of hydrogen-bond acceptors (Lipinski definition) is 2. The molecule has 1 aromatic rings. The van der Waals surface area contributed by atoms with E-state index in [9.17, 15) is 0 Å². The molecule has 0 radical (unpaired) electrons. The fourth-order valence-corrected chi connectivity index (χ4v) is 2.29. The van der Waals surface area contributed by atoms with Gasteiger partial charge in [0.15, 0.2) is 0 Å². The van der Waals surface area contributed by atoms with Gasteiger partial charge in [-0.1, -0.05) is 70.2 Å². The molecule has 1 rings (SSSR count). The smallest absolute Gasteiger partial charge is 0.0659 e. The van der Waals surface area contributed by atoms with Gasteiger partial charge in [-0.05, 0) is 24.0 Å². The number of aryl methyl sites for hydroxylation is 1. The van der Waals surface area contributed by atoms with Gasteiger partial charge in [0.05, 0.1) is 12.6 Å². The van der Waals surface area contributed by atoms with Crippen molar-refractivity contribution < 1.29 is 4.74 Å². The van der Waals surface area contributed by atoms with E-state index in [1.54, 1.807) is 0 Å². The second kappa shape index (κ2) is 10.9. The Balaban J connectivity index is 2.08. The molecule has 2 heteroatoms. The lowest BCUT2D eigenvalue weighted by molar-refractivity contribution is 0.117. The van der Waals surface area contributed by atoms with Crippen molar-refractivity contribution >= 4 is 0 Å². The van der Waals surface area contributed by atoms with E-state index in [1.807, 2.05) is 0 Å². The van der Waals surface area contributed by atoms with Gasteiger partial charge in [-0.2, -0.15) is 0 Å². The first-order valence-corrected chi connectivity index (χ1v) is 8.20. The first kappa shape index (κ1) is 17.2. The van der Waals surface area contributed by atoms with Crippen LogP contribution in [0.5, 0.6) is 0 Å². The van der Waals surface area contributed by atoms with E-state index in [0.29, 0.717) is 6.61 Å². The Morgan fingerprint density at radius 3 is 2.25 bits per heavy atom. The largest absolute Gasteiger partial charge is 0.379 e. The number of rotatable bonds is 11. The summed E-state index contributed by atoms with van der Waals surface area (Å²) in [5.41, 5.74) is 8.67. The molecule has 0 aliphatic heterocycles. The molecule has 0 amide bonds. The zero-order chi connectivity index (χ0) is 14.6. The Labute approximate surface area is 124 Å². The topological polar surface area (TPSA) is 35.2 Å². The SMILES string of the molecule is CCCCCCCCOCC(N)c1ccc(CC)cc1. The van der Waals surface area contributed by atoms with Gasteiger partial charge < -0.3 is 10.5 Å². The predicted octanol–water partition coefficient (Wildman–Crippen LogP) is 4.63. The molecular formula is C18H31NO. The van der Waals surface area contributed by atoms with Gasteiger partial charge in [-0.3, -0.25) is 0 Å². The number of nitrogens with two attached hydrogens (primary N) is 1. The molecule has 0 aliphatic carbocycles. The highest BCUT2D eigenvalue weighted by Gasteiger charge is 2.05. The maximum absolute atomic E-state index is 6.14. The van der Waals surface area contributed by atoms with Crippen LogP contribution in [0.25, 0.3) is 0 Å². The summed E-state index contributed by atoms with van der Waals surface area (Å²) in [6.45, 7) is 5.88. The second-order valence-electron chi connectivity index (χ2n) is 5.54. The third-order valence-electron chi connectivity index (χ3n) is 3.76. The fourth-order valence-electron chi connectivity index (χ4n) is 2.29. The van der Waals surface area contributed by atoms with E-state index in [1.165, 1.54) is 43.2 Å². The maximum Gasteiger partial charge on any atom is 0.0659 e. The molecule has 2 N–H and O–H groups in total. The highest BCUT2D eigenvalue weighted by atomic mass is 16.5. The maximum atomic E-state index is 6.14. The molecule has 1 aromatic carbocycles. The van der Waals surface area contributed by atoms with Gasteiger partial charge in [0.25, 0.3) is 0 Å². The van der Waals surface area contributed by atoms with Crippen molar-refractivity contribution in [2.45, 2.75) is 64.8 Å². The van der Waals surface area contributed by atoms with Gasteiger partial charge in [-0.15, -0.1) is 0 Å². The van der Waals surface area contributed by atoms with Crippen molar-refractivity contribution in [1.29, 1.82) is 0 Å². The molecule has 0 saturated heterocycles. The Hall–Kier alpha value is -0.860. The summed E-state index contributed by atoms with van der Waals surface area (Å²) in [5.74, 6) is 0. The summed E-state index contributed by atoms with van der Waals surface area (Å²) in [4.78, 5) is 0. The van der Waals surface area contributed by atoms with Crippen molar-refractivity contribution in [3.05, 3.63) is 35.4 Å².